The van der Waals surface area contributed by atoms with Gasteiger partial charge in [-0.25, -0.2) is 9.18 Å². The number of nitrogens with zero attached hydrogens (tertiary/aromatic N) is 3. The second-order valence-electron chi connectivity index (χ2n) is 7.38. The second kappa shape index (κ2) is 9.50. The monoisotopic (exact) mass is 405 g/mol. The Morgan fingerprint density at radius 2 is 1.80 bits per heavy atom. The number of benzene rings is 2. The van der Waals surface area contributed by atoms with Crippen molar-refractivity contribution in [1.82, 2.24) is 9.88 Å². The van der Waals surface area contributed by atoms with E-state index >= 15 is 0 Å². The van der Waals surface area contributed by atoms with Crippen LogP contribution in [0.25, 0.3) is 0 Å². The Hall–Kier alpha value is -3.25. The molecule has 1 aliphatic heterocycles. The molecular formula is C24H24FN3O2. The summed E-state index contributed by atoms with van der Waals surface area (Å²) >= 11 is 0. The predicted octanol–water partition coefficient (Wildman–Crippen LogP) is 4.29. The van der Waals surface area contributed by atoms with Crippen LogP contribution < -0.4 is 4.90 Å². The fourth-order valence-electron chi connectivity index (χ4n) is 3.62. The number of hydrogen-bond donors (Lipinski definition) is 0. The molecule has 1 atom stereocenters. The maximum Gasteiger partial charge on any atom is 0.414 e. The topological polar surface area (TPSA) is 45.7 Å². The van der Waals surface area contributed by atoms with E-state index in [1.165, 1.54) is 12.1 Å². The van der Waals surface area contributed by atoms with Gasteiger partial charge < -0.3 is 4.74 Å². The summed E-state index contributed by atoms with van der Waals surface area (Å²) in [5.41, 5.74) is 2.86. The van der Waals surface area contributed by atoms with Crippen LogP contribution in [-0.4, -0.2) is 41.7 Å². The Balaban J connectivity index is 1.43. The fraction of sp³-hybridized carbons (Fsp3) is 0.250. The first-order valence-electron chi connectivity index (χ1n) is 10.1. The second-order valence-corrected chi connectivity index (χ2v) is 7.38. The molecule has 1 saturated heterocycles. The standard InChI is InChI=1S/C24H24FN3O2/c25-20-11-9-19(10-12-20)16-27(15-13-21-6-4-5-14-26-21)17-23-18-28(24(29)30-23)22-7-2-1-3-8-22/h1-12,14,23H,13,15-18H2. The number of anilines is 1. The van der Waals surface area contributed by atoms with Gasteiger partial charge in [0.25, 0.3) is 0 Å². The summed E-state index contributed by atoms with van der Waals surface area (Å²) in [4.78, 5) is 20.7. The van der Waals surface area contributed by atoms with E-state index in [4.69, 9.17) is 4.74 Å². The lowest BCUT2D eigenvalue weighted by molar-refractivity contribution is 0.106. The van der Waals surface area contributed by atoms with Gasteiger partial charge in [-0.1, -0.05) is 36.4 Å². The molecule has 30 heavy (non-hydrogen) atoms. The van der Waals surface area contributed by atoms with Crippen molar-refractivity contribution < 1.29 is 13.9 Å². The van der Waals surface area contributed by atoms with Crippen molar-refractivity contribution in [3.8, 4) is 0 Å². The fourth-order valence-corrected chi connectivity index (χ4v) is 3.62. The highest BCUT2D eigenvalue weighted by Crippen LogP contribution is 2.22. The summed E-state index contributed by atoms with van der Waals surface area (Å²) in [5.74, 6) is -0.248. The molecule has 0 bridgehead atoms. The molecule has 1 fully saturated rings. The van der Waals surface area contributed by atoms with Crippen LogP contribution in [-0.2, 0) is 17.7 Å². The lowest BCUT2D eigenvalue weighted by atomic mass is 10.1. The number of ether oxygens (including phenoxy) is 1. The number of carbonyl (C=O) groups is 1. The summed E-state index contributed by atoms with van der Waals surface area (Å²) < 4.78 is 18.9. The van der Waals surface area contributed by atoms with Gasteiger partial charge in [0.05, 0.1) is 6.54 Å². The summed E-state index contributed by atoms with van der Waals surface area (Å²) in [5, 5.41) is 0. The summed E-state index contributed by atoms with van der Waals surface area (Å²) in [6.07, 6.45) is 2.01. The van der Waals surface area contributed by atoms with Crippen molar-refractivity contribution in [3.05, 3.63) is 96.1 Å². The molecule has 2 heterocycles. The van der Waals surface area contributed by atoms with Gasteiger partial charge in [0.2, 0.25) is 0 Å². The highest BCUT2D eigenvalue weighted by Gasteiger charge is 2.33. The number of aromatic nitrogens is 1. The van der Waals surface area contributed by atoms with Crippen molar-refractivity contribution >= 4 is 11.8 Å². The highest BCUT2D eigenvalue weighted by molar-refractivity contribution is 5.89. The van der Waals surface area contributed by atoms with E-state index < -0.39 is 0 Å². The number of cyclic esters (lactones) is 1. The molecular weight excluding hydrogens is 381 g/mol. The summed E-state index contributed by atoms with van der Waals surface area (Å²) in [6, 6.07) is 21.9. The zero-order valence-electron chi connectivity index (χ0n) is 16.7. The molecule has 2 aromatic carbocycles. The number of amides is 1. The molecule has 154 valence electrons. The van der Waals surface area contributed by atoms with Crippen molar-refractivity contribution in [2.24, 2.45) is 0 Å². The van der Waals surface area contributed by atoms with E-state index in [0.29, 0.717) is 19.6 Å². The zero-order valence-corrected chi connectivity index (χ0v) is 16.7. The van der Waals surface area contributed by atoms with Crippen LogP contribution in [0.4, 0.5) is 14.9 Å². The van der Waals surface area contributed by atoms with E-state index in [2.05, 4.69) is 9.88 Å². The molecule has 3 aromatic rings. The number of rotatable bonds is 8. The van der Waals surface area contributed by atoms with Crippen LogP contribution in [0.2, 0.25) is 0 Å². The molecule has 4 rings (SSSR count). The van der Waals surface area contributed by atoms with Gasteiger partial charge in [-0.05, 0) is 42.0 Å². The van der Waals surface area contributed by atoms with Gasteiger partial charge >= 0.3 is 6.09 Å². The van der Waals surface area contributed by atoms with Gasteiger partial charge in [0.1, 0.15) is 11.9 Å². The van der Waals surface area contributed by atoms with Crippen LogP contribution in [0.1, 0.15) is 11.3 Å². The van der Waals surface area contributed by atoms with Crippen molar-refractivity contribution in [1.29, 1.82) is 0 Å². The van der Waals surface area contributed by atoms with Crippen LogP contribution in [0.15, 0.2) is 79.0 Å². The minimum atomic E-state index is -0.322. The Labute approximate surface area is 175 Å². The summed E-state index contributed by atoms with van der Waals surface area (Å²) in [6.45, 7) is 2.51. The Kier molecular flexibility index (Phi) is 6.35. The molecule has 0 spiro atoms. The number of pyridine rings is 1. The van der Waals surface area contributed by atoms with E-state index in [9.17, 15) is 9.18 Å². The molecule has 0 saturated carbocycles. The van der Waals surface area contributed by atoms with E-state index in [1.54, 1.807) is 23.2 Å². The quantitative estimate of drug-likeness (QED) is 0.561. The average Bonchev–Trinajstić information content (AvgIpc) is 3.15. The molecule has 0 N–H and O–H groups in total. The van der Waals surface area contributed by atoms with Gasteiger partial charge in [-0.2, -0.15) is 0 Å². The molecule has 6 heteroatoms. The SMILES string of the molecule is O=C1OC(CN(CCc2ccccn2)Cc2ccc(F)cc2)CN1c1ccccc1. The molecule has 1 aromatic heterocycles. The first-order chi connectivity index (χ1) is 14.7. The normalized spacial score (nSPS) is 16.1. The molecule has 0 aliphatic carbocycles. The molecule has 0 radical (unpaired) electrons. The molecule has 1 aliphatic rings. The first kappa shape index (κ1) is 20.0. The third-order valence-corrected chi connectivity index (χ3v) is 5.13. The average molecular weight is 405 g/mol. The zero-order chi connectivity index (χ0) is 20.8. The van der Waals surface area contributed by atoms with Crippen molar-refractivity contribution in [2.75, 3.05) is 24.5 Å². The Morgan fingerprint density at radius 1 is 1.03 bits per heavy atom. The van der Waals surface area contributed by atoms with Crippen LogP contribution in [0.5, 0.6) is 0 Å². The van der Waals surface area contributed by atoms with Gasteiger partial charge in [-0.3, -0.25) is 14.8 Å². The predicted molar refractivity (Wildman–Crippen MR) is 114 cm³/mol. The first-order valence-corrected chi connectivity index (χ1v) is 10.1. The Bertz CT molecular complexity index is 951. The smallest absolute Gasteiger partial charge is 0.414 e. The maximum atomic E-state index is 13.3. The third-order valence-electron chi connectivity index (χ3n) is 5.13. The van der Waals surface area contributed by atoms with E-state index in [1.807, 2.05) is 48.5 Å². The van der Waals surface area contributed by atoms with Gasteiger partial charge in [0.15, 0.2) is 0 Å². The highest BCUT2D eigenvalue weighted by atomic mass is 19.1. The van der Waals surface area contributed by atoms with Crippen molar-refractivity contribution in [2.45, 2.75) is 19.1 Å². The molecule has 1 amide bonds. The third kappa shape index (κ3) is 5.21. The number of carbonyl (C=O) groups excluding carboxylic acids is 1. The Morgan fingerprint density at radius 3 is 2.53 bits per heavy atom. The molecule has 5 nitrogen and oxygen atoms in total. The van der Waals surface area contributed by atoms with Crippen molar-refractivity contribution in [3.63, 3.8) is 0 Å². The minimum Gasteiger partial charge on any atom is -0.443 e. The maximum absolute atomic E-state index is 13.3. The van der Waals surface area contributed by atoms with E-state index in [0.717, 1.165) is 29.9 Å². The number of para-hydroxylation sites is 1. The van der Waals surface area contributed by atoms with Crippen LogP contribution >= 0.6 is 0 Å². The lowest BCUT2D eigenvalue weighted by Gasteiger charge is -2.24. The summed E-state index contributed by atoms with van der Waals surface area (Å²) in [7, 11) is 0. The van der Waals surface area contributed by atoms with Crippen LogP contribution in [0, 0.1) is 5.82 Å². The number of halogens is 1. The van der Waals surface area contributed by atoms with E-state index in [-0.39, 0.29) is 18.0 Å². The lowest BCUT2D eigenvalue weighted by Crippen LogP contribution is -2.36. The van der Waals surface area contributed by atoms with Gasteiger partial charge in [0, 0.05) is 43.6 Å². The van der Waals surface area contributed by atoms with Gasteiger partial charge in [-0.15, -0.1) is 0 Å². The largest absolute Gasteiger partial charge is 0.443 e. The van der Waals surface area contributed by atoms with Crippen LogP contribution in [0.3, 0.4) is 0 Å². The molecule has 1 unspecified atom stereocenters. The minimum absolute atomic E-state index is 0.234. The number of hydrogen-bond acceptors (Lipinski definition) is 4.